The maximum absolute atomic E-state index is 15.3. The summed E-state index contributed by atoms with van der Waals surface area (Å²) in [6.07, 6.45) is -4.73. The molecule has 2 unspecified atom stereocenters. The van der Waals surface area contributed by atoms with Crippen LogP contribution in [-0.2, 0) is 32.7 Å². The third-order valence-electron chi connectivity index (χ3n) is 5.14. The summed E-state index contributed by atoms with van der Waals surface area (Å²) in [7, 11) is -4.33. The quantitative estimate of drug-likeness (QED) is 0.135. The summed E-state index contributed by atoms with van der Waals surface area (Å²) in [6, 6.07) is 0.0527. The molecule has 1 fully saturated rings. The number of ether oxygens (including phenoxy) is 2. The highest BCUT2D eigenvalue weighted by Crippen LogP contribution is 2.48. The van der Waals surface area contributed by atoms with Crippen molar-refractivity contribution in [3.05, 3.63) is 22.7 Å². The van der Waals surface area contributed by atoms with Gasteiger partial charge in [0.15, 0.2) is 11.3 Å². The van der Waals surface area contributed by atoms with Crippen LogP contribution in [0.1, 0.15) is 47.8 Å². The largest absolute Gasteiger partial charge is 0.462 e. The van der Waals surface area contributed by atoms with Gasteiger partial charge in [-0.2, -0.15) is 4.98 Å². The number of hydrogen-bond donors (Lipinski definition) is 3. The lowest BCUT2D eigenvalue weighted by molar-refractivity contribution is -0.149. The van der Waals surface area contributed by atoms with Crippen LogP contribution in [0.4, 0.5) is 10.2 Å². The fourth-order valence-electron chi connectivity index (χ4n) is 3.13. The highest BCUT2D eigenvalue weighted by molar-refractivity contribution is 8.13. The fraction of sp³-hybridized carbons (Fsp3) is 0.727. The van der Waals surface area contributed by atoms with E-state index in [4.69, 9.17) is 35.9 Å². The van der Waals surface area contributed by atoms with Crippen molar-refractivity contribution in [1.29, 1.82) is 0 Å². The number of alkyl halides is 2. The molecule has 1 aliphatic rings. The van der Waals surface area contributed by atoms with Gasteiger partial charge in [-0.3, -0.25) is 23.2 Å². The number of aliphatic hydroxyl groups is 1. The molecule has 222 valence electrons. The van der Waals surface area contributed by atoms with E-state index in [1.165, 1.54) is 13.0 Å². The van der Waals surface area contributed by atoms with Crippen LogP contribution in [0.3, 0.4) is 0 Å². The summed E-state index contributed by atoms with van der Waals surface area (Å²) < 4.78 is 50.8. The fourth-order valence-corrected chi connectivity index (χ4v) is 5.81. The Hall–Kier alpha value is -1.58. The average Bonchev–Trinajstić information content (AvgIpc) is 3.03. The Kier molecular flexibility index (Phi) is 11.5. The lowest BCUT2D eigenvalue weighted by atomic mass is 10.00. The van der Waals surface area contributed by atoms with Crippen LogP contribution in [0.15, 0.2) is 17.1 Å². The third kappa shape index (κ3) is 9.22. The first-order valence-electron chi connectivity index (χ1n) is 12.0. The molecule has 1 aromatic rings. The van der Waals surface area contributed by atoms with Gasteiger partial charge in [-0.05, 0) is 26.8 Å². The second-order valence-electron chi connectivity index (χ2n) is 10.0. The number of aliphatic hydroxyl groups excluding tert-OH is 1. The lowest BCUT2D eigenvalue weighted by Crippen LogP contribution is -2.41. The van der Waals surface area contributed by atoms with Gasteiger partial charge in [-0.1, -0.05) is 44.1 Å². The van der Waals surface area contributed by atoms with Crippen molar-refractivity contribution in [2.24, 2.45) is 5.41 Å². The molecule has 2 heterocycles. The van der Waals surface area contributed by atoms with Crippen LogP contribution in [0.25, 0.3) is 0 Å². The highest BCUT2D eigenvalue weighted by Gasteiger charge is 2.58. The number of anilines is 1. The predicted octanol–water partition coefficient (Wildman–Crippen LogP) is 2.37. The Bertz CT molecular complexity index is 1130. The van der Waals surface area contributed by atoms with E-state index in [1.807, 2.05) is 0 Å². The number of esters is 1. The molecule has 13 nitrogen and oxygen atoms in total. The van der Waals surface area contributed by atoms with E-state index in [9.17, 15) is 24.1 Å². The van der Waals surface area contributed by atoms with E-state index < -0.39 is 67.1 Å². The van der Waals surface area contributed by atoms with Gasteiger partial charge < -0.3 is 20.3 Å². The normalized spacial score (nSPS) is 25.8. The zero-order valence-electron chi connectivity index (χ0n) is 22.5. The first-order valence-corrected chi connectivity index (χ1v) is 14.9. The summed E-state index contributed by atoms with van der Waals surface area (Å²) in [5.74, 6) is -0.751. The molecule has 0 bridgehead atoms. The molecule has 0 saturated carbocycles. The first kappa shape index (κ1) is 33.6. The van der Waals surface area contributed by atoms with Crippen LogP contribution in [0.5, 0.6) is 0 Å². The summed E-state index contributed by atoms with van der Waals surface area (Å²) in [5.41, 5.74) is 3.87. The van der Waals surface area contributed by atoms with E-state index in [2.05, 4.69) is 10.1 Å². The number of aromatic nitrogens is 2. The maximum Gasteiger partial charge on any atom is 0.406 e. The van der Waals surface area contributed by atoms with Crippen LogP contribution in [-0.4, -0.2) is 74.2 Å². The van der Waals surface area contributed by atoms with Gasteiger partial charge in [0, 0.05) is 17.4 Å². The Morgan fingerprint density at radius 1 is 1.38 bits per heavy atom. The van der Waals surface area contributed by atoms with Crippen LogP contribution < -0.4 is 16.5 Å². The molecule has 6 atom stereocenters. The van der Waals surface area contributed by atoms with Gasteiger partial charge in [0.1, 0.15) is 24.1 Å². The summed E-state index contributed by atoms with van der Waals surface area (Å²) in [4.78, 5) is 40.1. The lowest BCUT2D eigenvalue weighted by Gasteiger charge is -2.25. The van der Waals surface area contributed by atoms with Gasteiger partial charge in [0.05, 0.1) is 19.3 Å². The van der Waals surface area contributed by atoms with Crippen molar-refractivity contribution in [3.63, 3.8) is 0 Å². The Labute approximate surface area is 234 Å². The average molecular weight is 617 g/mol. The number of hydrogen-bond acceptors (Lipinski definition) is 12. The number of thioether (sulfide) groups is 1. The van der Waals surface area contributed by atoms with Gasteiger partial charge in [-0.25, -0.2) is 18.8 Å². The molecule has 1 aliphatic heterocycles. The standard InChI is InChI=1S/C22H35ClFN4O9PS/c1-12(2)36-17(30)13(3)27-38(33,34-9-10-39-19(31)21(4,5)6)35-11-14-16(29)22(23,24)18(37-14)28-8-7-15(25)26-20(28)32/h7-8,12-14,16,18,29H,9-11H2,1-6H3,(H,27,33)(H2,25,26,32)/t13?,14-,16-,18-,22+,38?/m1/s1. The number of carbonyl (C=O) groups is 2. The zero-order valence-corrected chi connectivity index (χ0v) is 24.9. The third-order valence-corrected chi connectivity index (χ3v) is 8.51. The highest BCUT2D eigenvalue weighted by atomic mass is 35.5. The molecule has 1 saturated heterocycles. The molecular weight excluding hydrogens is 582 g/mol. The molecule has 2 rings (SSSR count). The van der Waals surface area contributed by atoms with Crippen molar-refractivity contribution in [2.45, 2.75) is 77.3 Å². The topological polar surface area (TPSA) is 181 Å². The van der Waals surface area contributed by atoms with Crippen molar-refractivity contribution < 1.29 is 42.2 Å². The number of nitrogens with zero attached hydrogens (tertiary/aromatic N) is 2. The van der Waals surface area contributed by atoms with E-state index >= 15 is 4.39 Å². The van der Waals surface area contributed by atoms with Gasteiger partial charge in [-0.15, -0.1) is 0 Å². The minimum absolute atomic E-state index is 0.114. The molecule has 0 amide bonds. The number of rotatable bonds is 12. The summed E-state index contributed by atoms with van der Waals surface area (Å²) in [5, 5.41) is 9.79. The van der Waals surface area contributed by atoms with Crippen LogP contribution in [0.2, 0.25) is 0 Å². The minimum atomic E-state index is -4.33. The molecule has 0 aromatic carbocycles. The van der Waals surface area contributed by atoms with Gasteiger partial charge >= 0.3 is 19.4 Å². The Morgan fingerprint density at radius 3 is 2.59 bits per heavy atom. The van der Waals surface area contributed by atoms with E-state index in [0.717, 1.165) is 18.0 Å². The summed E-state index contributed by atoms with van der Waals surface area (Å²) in [6.45, 7) is 8.92. The van der Waals surface area contributed by atoms with Crippen LogP contribution in [0, 0.1) is 5.41 Å². The van der Waals surface area contributed by atoms with Gasteiger partial charge in [0.25, 0.3) is 5.13 Å². The molecule has 39 heavy (non-hydrogen) atoms. The second kappa shape index (κ2) is 13.4. The number of nitrogens with two attached hydrogens (primary N) is 1. The minimum Gasteiger partial charge on any atom is -0.462 e. The van der Waals surface area contributed by atoms with Crippen molar-refractivity contribution in [3.8, 4) is 0 Å². The first-order chi connectivity index (χ1) is 17.9. The van der Waals surface area contributed by atoms with E-state index in [-0.39, 0.29) is 23.3 Å². The molecule has 1 aromatic heterocycles. The maximum atomic E-state index is 15.3. The van der Waals surface area contributed by atoms with Crippen molar-refractivity contribution >= 4 is 48.0 Å². The zero-order chi connectivity index (χ0) is 29.8. The van der Waals surface area contributed by atoms with Crippen molar-refractivity contribution in [2.75, 3.05) is 24.7 Å². The second-order valence-corrected chi connectivity index (χ2v) is 13.5. The molecular formula is C22H35ClFN4O9PS. The Balaban J connectivity index is 2.16. The summed E-state index contributed by atoms with van der Waals surface area (Å²) >= 11 is 6.85. The Morgan fingerprint density at radius 2 is 2.03 bits per heavy atom. The number of halogens is 2. The van der Waals surface area contributed by atoms with Gasteiger partial charge in [0.2, 0.25) is 0 Å². The van der Waals surface area contributed by atoms with E-state index in [1.54, 1.807) is 34.6 Å². The molecule has 0 spiro atoms. The number of nitrogens with one attached hydrogen (secondary N) is 1. The number of nitrogen functional groups attached to an aromatic ring is 1. The van der Waals surface area contributed by atoms with Crippen molar-refractivity contribution in [1.82, 2.24) is 14.6 Å². The molecule has 0 radical (unpaired) electrons. The van der Waals surface area contributed by atoms with Crippen LogP contribution >= 0.6 is 31.1 Å². The molecule has 0 aliphatic carbocycles. The monoisotopic (exact) mass is 616 g/mol. The SMILES string of the molecule is CC(C)OC(=O)C(C)NP(=O)(OCCSC(=O)C(C)(C)C)OC[C@H]1O[C@@H](n2ccc(N)nc2=O)[C@](F)(Cl)[C@@H]1O. The number of carbonyl (C=O) groups excluding carboxylic acids is 2. The smallest absolute Gasteiger partial charge is 0.406 e. The molecule has 17 heteroatoms. The van der Waals surface area contributed by atoms with E-state index in [0.29, 0.717) is 4.57 Å². The molecule has 4 N–H and O–H groups in total. The predicted molar refractivity (Wildman–Crippen MR) is 143 cm³/mol.